The fourth-order valence-corrected chi connectivity index (χ4v) is 1.57. The first-order valence-corrected chi connectivity index (χ1v) is 6.33. The van der Waals surface area contributed by atoms with Crippen molar-refractivity contribution in [2.24, 2.45) is 0 Å². The van der Waals surface area contributed by atoms with Crippen LogP contribution in [0.4, 0.5) is 0 Å². The number of nitrogens with zero attached hydrogens (tertiary/aromatic N) is 1. The zero-order valence-corrected chi connectivity index (χ0v) is 10.7. The molecule has 0 aliphatic rings. The largest absolute Gasteiger partial charge is 0.395 e. The molecule has 0 aromatic heterocycles. The molecule has 0 rings (SSSR count). The molecule has 0 aliphatic carbocycles. The molecule has 0 spiro atoms. The van der Waals surface area contributed by atoms with Gasteiger partial charge in [0, 0.05) is 19.7 Å². The molecule has 0 aromatic carbocycles. The molecule has 16 heavy (non-hydrogen) atoms. The average Bonchev–Trinajstić information content (AvgIpc) is 2.25. The van der Waals surface area contributed by atoms with E-state index in [1.54, 1.807) is 0 Å². The summed E-state index contributed by atoms with van der Waals surface area (Å²) in [5.74, 6) is 0. The maximum absolute atomic E-state index is 9.72. The minimum atomic E-state index is -0.449. The van der Waals surface area contributed by atoms with Crippen molar-refractivity contribution in [3.05, 3.63) is 0 Å². The molecule has 0 heterocycles. The van der Waals surface area contributed by atoms with Gasteiger partial charge in [0.05, 0.1) is 19.3 Å². The number of hydrogen-bond donors (Lipinski definition) is 2. The van der Waals surface area contributed by atoms with Crippen molar-refractivity contribution in [2.45, 2.75) is 39.2 Å². The van der Waals surface area contributed by atoms with Gasteiger partial charge in [-0.25, -0.2) is 0 Å². The third-order valence-electron chi connectivity index (χ3n) is 2.38. The summed E-state index contributed by atoms with van der Waals surface area (Å²) in [6, 6.07) is 0. The summed E-state index contributed by atoms with van der Waals surface area (Å²) >= 11 is 0. The summed E-state index contributed by atoms with van der Waals surface area (Å²) < 4.78 is 5.35. The molecule has 0 saturated heterocycles. The Hall–Kier alpha value is -0.160. The van der Waals surface area contributed by atoms with Crippen LogP contribution in [0.25, 0.3) is 0 Å². The fourth-order valence-electron chi connectivity index (χ4n) is 1.57. The highest BCUT2D eigenvalue weighted by molar-refractivity contribution is 4.63. The van der Waals surface area contributed by atoms with Crippen molar-refractivity contribution in [1.29, 1.82) is 0 Å². The van der Waals surface area contributed by atoms with Crippen LogP contribution in [0.3, 0.4) is 0 Å². The van der Waals surface area contributed by atoms with Crippen LogP contribution in [-0.2, 0) is 4.74 Å². The summed E-state index contributed by atoms with van der Waals surface area (Å²) in [5, 5.41) is 18.6. The Morgan fingerprint density at radius 3 is 2.50 bits per heavy atom. The lowest BCUT2D eigenvalue weighted by Gasteiger charge is -2.23. The predicted octanol–water partition coefficient (Wildman–Crippen LogP) is 0.868. The van der Waals surface area contributed by atoms with Crippen LogP contribution in [0.5, 0.6) is 0 Å². The second-order valence-electron chi connectivity index (χ2n) is 4.11. The first-order chi connectivity index (χ1) is 7.74. The van der Waals surface area contributed by atoms with Crippen LogP contribution < -0.4 is 0 Å². The van der Waals surface area contributed by atoms with Crippen LogP contribution in [0.1, 0.15) is 33.1 Å². The molecule has 1 unspecified atom stereocenters. The summed E-state index contributed by atoms with van der Waals surface area (Å²) in [7, 11) is 0. The molecule has 0 aliphatic heterocycles. The van der Waals surface area contributed by atoms with E-state index in [9.17, 15) is 5.11 Å². The van der Waals surface area contributed by atoms with Gasteiger partial charge in [-0.05, 0) is 19.4 Å². The molecule has 4 nitrogen and oxygen atoms in total. The molecule has 0 aromatic rings. The molecule has 0 saturated carbocycles. The molecule has 98 valence electrons. The third-order valence-corrected chi connectivity index (χ3v) is 2.38. The molecule has 0 amide bonds. The Balaban J connectivity index is 3.59. The van der Waals surface area contributed by atoms with Crippen LogP contribution >= 0.6 is 0 Å². The van der Waals surface area contributed by atoms with E-state index in [1.165, 1.54) is 0 Å². The topological polar surface area (TPSA) is 52.9 Å². The van der Waals surface area contributed by atoms with Crippen LogP contribution in [0.2, 0.25) is 0 Å². The van der Waals surface area contributed by atoms with Gasteiger partial charge >= 0.3 is 0 Å². The second-order valence-corrected chi connectivity index (χ2v) is 4.11. The Morgan fingerprint density at radius 1 is 1.19 bits per heavy atom. The Kier molecular flexibility index (Phi) is 11.2. The molecule has 0 bridgehead atoms. The molecule has 0 fully saturated rings. The van der Waals surface area contributed by atoms with Crippen LogP contribution in [0, 0.1) is 0 Å². The zero-order chi connectivity index (χ0) is 12.2. The molecule has 4 heteroatoms. The quantitative estimate of drug-likeness (QED) is 0.520. The number of rotatable bonds is 11. The van der Waals surface area contributed by atoms with Gasteiger partial charge in [-0.15, -0.1) is 0 Å². The lowest BCUT2D eigenvalue weighted by molar-refractivity contribution is 0.0133. The Bertz CT molecular complexity index is 138. The lowest BCUT2D eigenvalue weighted by Crippen LogP contribution is -2.37. The summed E-state index contributed by atoms with van der Waals surface area (Å²) in [6.07, 6.45) is 2.74. The lowest BCUT2D eigenvalue weighted by atomic mass is 10.3. The zero-order valence-electron chi connectivity index (χ0n) is 10.7. The van der Waals surface area contributed by atoms with Crippen molar-refractivity contribution >= 4 is 0 Å². The van der Waals surface area contributed by atoms with E-state index in [1.807, 2.05) is 0 Å². The minimum Gasteiger partial charge on any atom is -0.395 e. The molecular weight excluding hydrogens is 206 g/mol. The average molecular weight is 233 g/mol. The van der Waals surface area contributed by atoms with Crippen molar-refractivity contribution in [2.75, 3.05) is 39.5 Å². The molecule has 1 atom stereocenters. The van der Waals surface area contributed by atoms with Crippen LogP contribution in [-0.4, -0.2) is 60.7 Å². The van der Waals surface area contributed by atoms with Gasteiger partial charge < -0.3 is 14.9 Å². The SMILES string of the molecule is CCCCOCC(O)CN(CCC)CCO. The van der Waals surface area contributed by atoms with Gasteiger partial charge in [-0.1, -0.05) is 20.3 Å². The number of unbranched alkanes of at least 4 members (excludes halogenated alkanes) is 1. The third kappa shape index (κ3) is 9.09. The highest BCUT2D eigenvalue weighted by Crippen LogP contribution is 1.97. The van der Waals surface area contributed by atoms with Crippen LogP contribution in [0.15, 0.2) is 0 Å². The van der Waals surface area contributed by atoms with E-state index in [-0.39, 0.29) is 6.61 Å². The van der Waals surface area contributed by atoms with E-state index in [0.717, 1.165) is 32.4 Å². The maximum Gasteiger partial charge on any atom is 0.0900 e. The highest BCUT2D eigenvalue weighted by Gasteiger charge is 2.10. The van der Waals surface area contributed by atoms with E-state index in [2.05, 4.69) is 18.7 Å². The number of hydrogen-bond acceptors (Lipinski definition) is 4. The van der Waals surface area contributed by atoms with E-state index < -0.39 is 6.10 Å². The normalized spacial score (nSPS) is 13.3. The summed E-state index contributed by atoms with van der Waals surface area (Å²) in [6.45, 7) is 7.59. The number of ether oxygens (including phenoxy) is 1. The van der Waals surface area contributed by atoms with Crippen molar-refractivity contribution in [1.82, 2.24) is 4.90 Å². The highest BCUT2D eigenvalue weighted by atomic mass is 16.5. The van der Waals surface area contributed by atoms with Gasteiger partial charge in [0.2, 0.25) is 0 Å². The fraction of sp³-hybridized carbons (Fsp3) is 1.00. The van der Waals surface area contributed by atoms with Gasteiger partial charge in [-0.3, -0.25) is 4.90 Å². The number of aliphatic hydroxyl groups excluding tert-OH is 2. The summed E-state index contributed by atoms with van der Waals surface area (Å²) in [5.41, 5.74) is 0. The maximum atomic E-state index is 9.72. The first-order valence-electron chi connectivity index (χ1n) is 6.33. The first kappa shape index (κ1) is 15.8. The standard InChI is InChI=1S/C12H27NO3/c1-3-5-9-16-11-12(15)10-13(6-4-2)7-8-14/h12,14-15H,3-11H2,1-2H3. The smallest absolute Gasteiger partial charge is 0.0900 e. The van der Waals surface area contributed by atoms with Gasteiger partial charge in [0.15, 0.2) is 0 Å². The monoisotopic (exact) mass is 233 g/mol. The molecule has 0 radical (unpaired) electrons. The van der Waals surface area contributed by atoms with Gasteiger partial charge in [-0.2, -0.15) is 0 Å². The Morgan fingerprint density at radius 2 is 1.94 bits per heavy atom. The molecular formula is C12H27NO3. The second kappa shape index (κ2) is 11.3. The Labute approximate surface area is 99.2 Å². The minimum absolute atomic E-state index is 0.142. The number of aliphatic hydroxyl groups is 2. The van der Waals surface area contributed by atoms with Crippen molar-refractivity contribution < 1.29 is 14.9 Å². The van der Waals surface area contributed by atoms with E-state index in [4.69, 9.17) is 9.84 Å². The summed E-state index contributed by atoms with van der Waals surface area (Å²) in [4.78, 5) is 2.06. The van der Waals surface area contributed by atoms with E-state index >= 15 is 0 Å². The van der Waals surface area contributed by atoms with Gasteiger partial charge in [0.25, 0.3) is 0 Å². The van der Waals surface area contributed by atoms with Crippen molar-refractivity contribution in [3.8, 4) is 0 Å². The van der Waals surface area contributed by atoms with E-state index in [0.29, 0.717) is 19.7 Å². The molecule has 2 N–H and O–H groups in total. The van der Waals surface area contributed by atoms with Crippen molar-refractivity contribution in [3.63, 3.8) is 0 Å². The predicted molar refractivity (Wildman–Crippen MR) is 65.6 cm³/mol. The van der Waals surface area contributed by atoms with Gasteiger partial charge in [0.1, 0.15) is 0 Å².